The van der Waals surface area contributed by atoms with Crippen molar-refractivity contribution in [2.75, 3.05) is 6.61 Å². The molecule has 0 bridgehead atoms. The molecule has 0 aliphatic heterocycles. The molecule has 0 aromatic carbocycles. The van der Waals surface area contributed by atoms with Crippen LogP contribution < -0.4 is 5.32 Å². The Labute approximate surface area is 270 Å². The summed E-state index contributed by atoms with van der Waals surface area (Å²) in [6.07, 6.45) is 36.5. The first-order valence-electron chi connectivity index (χ1n) is 18.0. The Morgan fingerprint density at radius 1 is 0.636 bits per heavy atom. The molecule has 6 nitrogen and oxygen atoms in total. The van der Waals surface area contributed by atoms with Crippen LogP contribution in [0.3, 0.4) is 0 Å². The fourth-order valence-electron chi connectivity index (χ4n) is 5.14. The summed E-state index contributed by atoms with van der Waals surface area (Å²) in [5, 5.41) is 43.3. The van der Waals surface area contributed by atoms with Crippen molar-refractivity contribution in [1.82, 2.24) is 5.32 Å². The predicted octanol–water partition coefficient (Wildman–Crippen LogP) is 8.39. The molecule has 0 radical (unpaired) electrons. The van der Waals surface area contributed by atoms with Gasteiger partial charge in [-0.25, -0.2) is 0 Å². The fraction of sp³-hybridized carbons (Fsp3) is 0.763. The van der Waals surface area contributed by atoms with Gasteiger partial charge in [0, 0.05) is 6.42 Å². The number of amides is 1. The summed E-state index contributed by atoms with van der Waals surface area (Å²) in [4.78, 5) is 12.3. The molecule has 0 saturated heterocycles. The molecule has 0 fully saturated rings. The fourth-order valence-corrected chi connectivity index (χ4v) is 5.14. The van der Waals surface area contributed by atoms with Crippen LogP contribution in [0, 0.1) is 0 Å². The van der Waals surface area contributed by atoms with Crippen molar-refractivity contribution >= 4 is 5.91 Å². The minimum Gasteiger partial charge on any atom is -0.394 e. The van der Waals surface area contributed by atoms with Crippen molar-refractivity contribution in [2.45, 2.75) is 179 Å². The lowest BCUT2D eigenvalue weighted by atomic mass is 9.99. The maximum atomic E-state index is 12.3. The average Bonchev–Trinajstić information content (AvgIpc) is 3.02. The number of allylic oxidation sites excluding steroid dienone is 7. The van der Waals surface area contributed by atoms with Crippen LogP contribution in [0.2, 0.25) is 0 Å². The van der Waals surface area contributed by atoms with Gasteiger partial charge in [0.1, 0.15) is 6.10 Å². The molecule has 0 rings (SSSR count). The number of carbonyl (C=O) groups excluding carboxylic acids is 1. The number of aliphatic hydroxyl groups excluding tert-OH is 4. The molecule has 0 unspecified atom stereocenters. The van der Waals surface area contributed by atoms with Crippen LogP contribution >= 0.6 is 0 Å². The zero-order valence-corrected chi connectivity index (χ0v) is 28.4. The van der Waals surface area contributed by atoms with Gasteiger partial charge >= 0.3 is 0 Å². The largest absolute Gasteiger partial charge is 0.394 e. The van der Waals surface area contributed by atoms with E-state index in [0.717, 1.165) is 38.5 Å². The van der Waals surface area contributed by atoms with Crippen molar-refractivity contribution in [3.63, 3.8) is 0 Å². The SMILES string of the molecule is CCCCC/C=C\C/C=C\C/C=C\C=C\[C@H](O)CCCC(=O)N[C@@H](CO)[C@H](O)[C@@H](O)CCCCCCCCCCCCCC. The van der Waals surface area contributed by atoms with Gasteiger partial charge in [0.25, 0.3) is 0 Å². The van der Waals surface area contributed by atoms with Crippen LogP contribution in [0.4, 0.5) is 0 Å². The van der Waals surface area contributed by atoms with Gasteiger partial charge in [-0.3, -0.25) is 4.79 Å². The summed E-state index contributed by atoms with van der Waals surface area (Å²) in [6.45, 7) is 4.02. The third-order valence-corrected chi connectivity index (χ3v) is 8.04. The molecule has 6 heteroatoms. The van der Waals surface area contributed by atoms with Crippen molar-refractivity contribution in [3.8, 4) is 0 Å². The maximum Gasteiger partial charge on any atom is 0.220 e. The molecule has 0 heterocycles. The number of unbranched alkanes of at least 4 members (excludes halogenated alkanes) is 14. The lowest BCUT2D eigenvalue weighted by Crippen LogP contribution is -2.50. The highest BCUT2D eigenvalue weighted by Crippen LogP contribution is 2.15. The van der Waals surface area contributed by atoms with E-state index >= 15 is 0 Å². The van der Waals surface area contributed by atoms with Gasteiger partial charge in [-0.15, -0.1) is 0 Å². The Hall–Kier alpha value is -1.73. The van der Waals surface area contributed by atoms with Crippen LogP contribution in [-0.2, 0) is 4.79 Å². The first kappa shape index (κ1) is 42.3. The maximum absolute atomic E-state index is 12.3. The van der Waals surface area contributed by atoms with Gasteiger partial charge in [0.15, 0.2) is 0 Å². The van der Waals surface area contributed by atoms with E-state index in [1.54, 1.807) is 6.08 Å². The third kappa shape index (κ3) is 27.8. The molecule has 0 spiro atoms. The van der Waals surface area contributed by atoms with Crippen LogP contribution in [-0.4, -0.2) is 57.3 Å². The van der Waals surface area contributed by atoms with E-state index in [2.05, 4.69) is 43.5 Å². The zero-order valence-electron chi connectivity index (χ0n) is 28.4. The Balaban J connectivity index is 3.97. The first-order valence-corrected chi connectivity index (χ1v) is 18.0. The second-order valence-electron chi connectivity index (χ2n) is 12.3. The molecule has 0 aliphatic carbocycles. The van der Waals surface area contributed by atoms with Gasteiger partial charge in [-0.05, 0) is 44.9 Å². The van der Waals surface area contributed by atoms with Crippen molar-refractivity contribution < 1.29 is 25.2 Å². The predicted molar refractivity (Wildman–Crippen MR) is 187 cm³/mol. The third-order valence-electron chi connectivity index (χ3n) is 8.04. The summed E-state index contributed by atoms with van der Waals surface area (Å²) in [6, 6.07) is -0.902. The Bertz CT molecular complexity index is 748. The van der Waals surface area contributed by atoms with Crippen molar-refractivity contribution in [3.05, 3.63) is 48.6 Å². The van der Waals surface area contributed by atoms with Crippen molar-refractivity contribution in [1.29, 1.82) is 0 Å². The smallest absolute Gasteiger partial charge is 0.220 e. The molecular formula is C38H69NO5. The van der Waals surface area contributed by atoms with E-state index in [9.17, 15) is 25.2 Å². The number of nitrogens with one attached hydrogen (secondary N) is 1. The van der Waals surface area contributed by atoms with E-state index in [1.807, 2.05) is 18.2 Å². The number of hydrogen-bond donors (Lipinski definition) is 5. The van der Waals surface area contributed by atoms with Gasteiger partial charge in [0.05, 0.1) is 24.9 Å². The lowest BCUT2D eigenvalue weighted by molar-refractivity contribution is -0.124. The Kier molecular flexibility index (Phi) is 31.4. The number of carbonyl (C=O) groups is 1. The van der Waals surface area contributed by atoms with E-state index in [4.69, 9.17) is 0 Å². The van der Waals surface area contributed by atoms with Gasteiger partial charge < -0.3 is 25.7 Å². The Morgan fingerprint density at radius 2 is 1.18 bits per heavy atom. The standard InChI is InChI=1S/C38H69NO5/c1-3-5-7-9-11-13-15-17-18-20-22-24-26-29-34(41)30-28-32-37(43)39-35(33-40)38(44)36(42)31-27-25-23-21-19-16-14-12-10-8-6-4-2/h11,13,17-18,22,24,26,29,34-36,38,40-42,44H,3-10,12,14-16,19-21,23,25,27-28,30-33H2,1-2H3,(H,39,43)/b13-11-,18-17-,24-22-,29-26+/t34-,35-,36-,38-/m0/s1. The summed E-state index contributed by atoms with van der Waals surface area (Å²) < 4.78 is 0. The highest BCUT2D eigenvalue weighted by Gasteiger charge is 2.26. The second kappa shape index (κ2) is 32.7. The van der Waals surface area contributed by atoms with Crippen LogP contribution in [0.5, 0.6) is 0 Å². The van der Waals surface area contributed by atoms with Crippen molar-refractivity contribution in [2.24, 2.45) is 0 Å². The van der Waals surface area contributed by atoms with Crippen LogP contribution in [0.15, 0.2) is 48.6 Å². The normalized spacial score (nSPS) is 15.1. The number of rotatable bonds is 31. The van der Waals surface area contributed by atoms with Gasteiger partial charge in [-0.1, -0.05) is 152 Å². The lowest BCUT2D eigenvalue weighted by Gasteiger charge is -2.26. The molecule has 44 heavy (non-hydrogen) atoms. The summed E-state index contributed by atoms with van der Waals surface area (Å²) in [7, 11) is 0. The highest BCUT2D eigenvalue weighted by molar-refractivity contribution is 5.76. The van der Waals surface area contributed by atoms with E-state index < -0.39 is 31.0 Å². The summed E-state index contributed by atoms with van der Waals surface area (Å²) in [5.74, 6) is -0.306. The molecule has 0 aliphatic rings. The molecule has 5 N–H and O–H groups in total. The second-order valence-corrected chi connectivity index (χ2v) is 12.3. The van der Waals surface area contributed by atoms with E-state index in [-0.39, 0.29) is 12.3 Å². The summed E-state index contributed by atoms with van der Waals surface area (Å²) in [5.41, 5.74) is 0. The molecule has 256 valence electrons. The van der Waals surface area contributed by atoms with Crippen LogP contribution in [0.25, 0.3) is 0 Å². The molecule has 1 amide bonds. The average molecular weight is 620 g/mol. The quantitative estimate of drug-likeness (QED) is 0.0304. The minimum absolute atomic E-state index is 0.177. The topological polar surface area (TPSA) is 110 Å². The molecule has 0 aromatic rings. The van der Waals surface area contributed by atoms with Gasteiger partial charge in [0.2, 0.25) is 5.91 Å². The monoisotopic (exact) mass is 620 g/mol. The van der Waals surface area contributed by atoms with E-state index in [0.29, 0.717) is 19.3 Å². The first-order chi connectivity index (χ1) is 21.5. The highest BCUT2D eigenvalue weighted by atomic mass is 16.3. The minimum atomic E-state index is -1.21. The number of hydrogen-bond acceptors (Lipinski definition) is 5. The van der Waals surface area contributed by atoms with Crippen LogP contribution in [0.1, 0.15) is 155 Å². The summed E-state index contributed by atoms with van der Waals surface area (Å²) >= 11 is 0. The molecule has 0 saturated carbocycles. The molecule has 4 atom stereocenters. The zero-order chi connectivity index (χ0) is 32.5. The number of aliphatic hydroxyl groups is 4. The molecule has 0 aromatic heterocycles. The molecular weight excluding hydrogens is 550 g/mol. The van der Waals surface area contributed by atoms with E-state index in [1.165, 1.54) is 77.0 Å². The Morgan fingerprint density at radius 3 is 1.80 bits per heavy atom. The van der Waals surface area contributed by atoms with Gasteiger partial charge in [-0.2, -0.15) is 0 Å².